The predicted octanol–water partition coefficient (Wildman–Crippen LogP) is 1.89. The van der Waals surface area contributed by atoms with Crippen molar-refractivity contribution in [3.8, 4) is 0 Å². The van der Waals surface area contributed by atoms with Crippen molar-refractivity contribution in [2.24, 2.45) is 23.5 Å². The molecule has 4 bridgehead atoms. The third-order valence-electron chi connectivity index (χ3n) is 5.74. The Labute approximate surface area is 118 Å². The molecular weight excluding hydrogens is 254 g/mol. The number of carboxylic acids is 1. The molecule has 4 saturated carbocycles. The molecule has 0 spiro atoms. The average Bonchev–Trinajstić information content (AvgIpc) is 2.86. The van der Waals surface area contributed by atoms with Gasteiger partial charge in [0, 0.05) is 11.7 Å². The lowest BCUT2D eigenvalue weighted by Crippen LogP contribution is -2.51. The van der Waals surface area contributed by atoms with Gasteiger partial charge in [-0.05, 0) is 56.3 Å². The molecule has 4 aliphatic carbocycles. The van der Waals surface area contributed by atoms with Crippen molar-refractivity contribution in [3.63, 3.8) is 0 Å². The van der Waals surface area contributed by atoms with E-state index in [1.807, 2.05) is 12.5 Å². The van der Waals surface area contributed by atoms with Crippen molar-refractivity contribution in [2.75, 3.05) is 0 Å². The van der Waals surface area contributed by atoms with Crippen molar-refractivity contribution >= 4 is 5.97 Å². The van der Waals surface area contributed by atoms with Crippen LogP contribution in [0.15, 0.2) is 12.5 Å². The lowest BCUT2D eigenvalue weighted by molar-refractivity contribution is -0.138. The van der Waals surface area contributed by atoms with Crippen molar-refractivity contribution in [1.29, 1.82) is 0 Å². The molecule has 5 heteroatoms. The van der Waals surface area contributed by atoms with E-state index in [0.717, 1.165) is 17.8 Å². The van der Waals surface area contributed by atoms with Gasteiger partial charge in [0.2, 0.25) is 0 Å². The van der Waals surface area contributed by atoms with Crippen LogP contribution in [0.3, 0.4) is 0 Å². The van der Waals surface area contributed by atoms with Crippen LogP contribution in [0, 0.1) is 17.8 Å². The van der Waals surface area contributed by atoms with Gasteiger partial charge in [0.15, 0.2) is 0 Å². The van der Waals surface area contributed by atoms with Crippen LogP contribution in [0.25, 0.3) is 0 Å². The van der Waals surface area contributed by atoms with Crippen LogP contribution < -0.4 is 5.73 Å². The van der Waals surface area contributed by atoms with Crippen LogP contribution in [0.2, 0.25) is 0 Å². The number of nitrogens with zero attached hydrogens (tertiary/aromatic N) is 2. The number of hydrogen-bond donors (Lipinski definition) is 2. The van der Waals surface area contributed by atoms with Gasteiger partial charge in [0.05, 0.1) is 12.0 Å². The maximum Gasteiger partial charge on any atom is 0.326 e. The van der Waals surface area contributed by atoms with Gasteiger partial charge in [-0.15, -0.1) is 0 Å². The van der Waals surface area contributed by atoms with Gasteiger partial charge < -0.3 is 15.4 Å². The number of carbonyl (C=O) groups is 1. The molecule has 4 aliphatic rings. The zero-order valence-corrected chi connectivity index (χ0v) is 11.5. The Bertz CT molecular complexity index is 516. The van der Waals surface area contributed by atoms with Crippen LogP contribution in [0.5, 0.6) is 0 Å². The van der Waals surface area contributed by atoms with Crippen molar-refractivity contribution in [3.05, 3.63) is 18.2 Å². The van der Waals surface area contributed by atoms with Gasteiger partial charge in [0.1, 0.15) is 6.04 Å². The Morgan fingerprint density at radius 1 is 1.30 bits per heavy atom. The standard InChI is InChI=1S/C15H21N3O2/c16-13(14(19)20)12-7-18(8-17-12)15-4-9-1-10(5-15)3-11(2-9)6-15/h7-11,13H,1-6,16H2,(H,19,20). The molecule has 0 aliphatic heterocycles. The van der Waals surface area contributed by atoms with E-state index in [-0.39, 0.29) is 5.54 Å². The quantitative estimate of drug-likeness (QED) is 0.882. The fourth-order valence-corrected chi connectivity index (χ4v) is 5.27. The van der Waals surface area contributed by atoms with Crippen LogP contribution in [0.1, 0.15) is 50.3 Å². The van der Waals surface area contributed by atoms with E-state index in [9.17, 15) is 4.79 Å². The van der Waals surface area contributed by atoms with Crippen molar-refractivity contribution in [2.45, 2.75) is 50.1 Å². The molecule has 3 N–H and O–H groups in total. The fraction of sp³-hybridized carbons (Fsp3) is 0.733. The fourth-order valence-electron chi connectivity index (χ4n) is 5.27. The van der Waals surface area contributed by atoms with Gasteiger partial charge in [-0.2, -0.15) is 0 Å². The van der Waals surface area contributed by atoms with Gasteiger partial charge in [-0.3, -0.25) is 4.79 Å². The summed E-state index contributed by atoms with van der Waals surface area (Å²) in [7, 11) is 0. The molecule has 1 aromatic heterocycles. The van der Waals surface area contributed by atoms with E-state index in [0.29, 0.717) is 5.69 Å². The highest BCUT2D eigenvalue weighted by molar-refractivity contribution is 5.74. The number of aromatic nitrogens is 2. The second-order valence-electron chi connectivity index (χ2n) is 7.16. The van der Waals surface area contributed by atoms with E-state index in [1.54, 1.807) is 0 Å². The minimum atomic E-state index is -1.01. The molecular formula is C15H21N3O2. The van der Waals surface area contributed by atoms with Gasteiger partial charge in [-0.25, -0.2) is 4.98 Å². The summed E-state index contributed by atoms with van der Waals surface area (Å²) in [6.07, 6.45) is 11.6. The van der Waals surface area contributed by atoms with Gasteiger partial charge in [0.25, 0.3) is 0 Å². The first-order chi connectivity index (χ1) is 9.56. The Kier molecular flexibility index (Phi) is 2.52. The number of imidazole rings is 1. The third-order valence-corrected chi connectivity index (χ3v) is 5.74. The van der Waals surface area contributed by atoms with Crippen molar-refractivity contribution < 1.29 is 9.90 Å². The van der Waals surface area contributed by atoms with Crippen LogP contribution in [-0.2, 0) is 10.3 Å². The number of aliphatic carboxylic acids is 1. The molecule has 4 fully saturated rings. The number of rotatable bonds is 3. The molecule has 1 aromatic rings. The zero-order valence-electron chi connectivity index (χ0n) is 11.5. The largest absolute Gasteiger partial charge is 0.480 e. The Morgan fingerprint density at radius 2 is 1.85 bits per heavy atom. The molecule has 0 radical (unpaired) electrons. The number of hydrogen-bond acceptors (Lipinski definition) is 3. The lowest BCUT2D eigenvalue weighted by atomic mass is 9.53. The minimum Gasteiger partial charge on any atom is -0.480 e. The summed E-state index contributed by atoms with van der Waals surface area (Å²) < 4.78 is 2.19. The van der Waals surface area contributed by atoms with E-state index >= 15 is 0 Å². The smallest absolute Gasteiger partial charge is 0.326 e. The highest BCUT2D eigenvalue weighted by Crippen LogP contribution is 2.58. The first-order valence-corrected chi connectivity index (χ1v) is 7.58. The molecule has 0 saturated heterocycles. The Hall–Kier alpha value is -1.36. The molecule has 5 nitrogen and oxygen atoms in total. The summed E-state index contributed by atoms with van der Waals surface area (Å²) >= 11 is 0. The van der Waals surface area contributed by atoms with Gasteiger partial charge in [-0.1, -0.05) is 0 Å². The molecule has 1 heterocycles. The lowest BCUT2D eigenvalue weighted by Gasteiger charge is -2.57. The number of carboxylic acid groups (broad SMARTS) is 1. The highest BCUT2D eigenvalue weighted by Gasteiger charge is 2.51. The Balaban J connectivity index is 1.66. The maximum absolute atomic E-state index is 11.0. The number of nitrogens with two attached hydrogens (primary N) is 1. The minimum absolute atomic E-state index is 0.193. The molecule has 0 amide bonds. The second-order valence-corrected chi connectivity index (χ2v) is 7.16. The SMILES string of the molecule is NC(C(=O)O)c1cn(C23CC4CC(CC(C4)C2)C3)cn1. The summed E-state index contributed by atoms with van der Waals surface area (Å²) in [4.78, 5) is 15.2. The second kappa shape index (κ2) is 4.07. The molecule has 108 valence electrons. The molecule has 5 rings (SSSR count). The first kappa shape index (κ1) is 12.4. The summed E-state index contributed by atoms with van der Waals surface area (Å²) in [6.45, 7) is 0. The first-order valence-electron chi connectivity index (χ1n) is 7.58. The maximum atomic E-state index is 11.0. The van der Waals surface area contributed by atoms with Gasteiger partial charge >= 0.3 is 5.97 Å². The molecule has 0 aromatic carbocycles. The monoisotopic (exact) mass is 275 g/mol. The summed E-state index contributed by atoms with van der Waals surface area (Å²) in [5.41, 5.74) is 6.34. The summed E-state index contributed by atoms with van der Waals surface area (Å²) in [6, 6.07) is -1.01. The van der Waals surface area contributed by atoms with Crippen molar-refractivity contribution in [1.82, 2.24) is 9.55 Å². The van der Waals surface area contributed by atoms with Crippen LogP contribution in [-0.4, -0.2) is 20.6 Å². The van der Waals surface area contributed by atoms with E-state index in [2.05, 4.69) is 9.55 Å². The van der Waals surface area contributed by atoms with E-state index < -0.39 is 12.0 Å². The van der Waals surface area contributed by atoms with Crippen LogP contribution >= 0.6 is 0 Å². The van der Waals surface area contributed by atoms with E-state index in [1.165, 1.54) is 38.5 Å². The predicted molar refractivity (Wildman–Crippen MR) is 72.9 cm³/mol. The summed E-state index contributed by atoms with van der Waals surface area (Å²) in [5.74, 6) is 1.57. The molecule has 20 heavy (non-hydrogen) atoms. The topological polar surface area (TPSA) is 81.1 Å². The zero-order chi connectivity index (χ0) is 13.9. The van der Waals surface area contributed by atoms with E-state index in [4.69, 9.17) is 10.8 Å². The third kappa shape index (κ3) is 1.72. The van der Waals surface area contributed by atoms with Crippen LogP contribution in [0.4, 0.5) is 0 Å². The Morgan fingerprint density at radius 3 is 2.35 bits per heavy atom. The summed E-state index contributed by atoms with van der Waals surface area (Å²) in [5, 5.41) is 9.00. The molecule has 1 unspecified atom stereocenters. The highest BCUT2D eigenvalue weighted by atomic mass is 16.4. The molecule has 1 atom stereocenters. The average molecular weight is 275 g/mol. The normalized spacial score (nSPS) is 40.0.